The number of aliphatic imine (C=N–C) groups is 1. The van der Waals surface area contributed by atoms with E-state index in [1.807, 2.05) is 6.92 Å². The van der Waals surface area contributed by atoms with E-state index >= 15 is 0 Å². The van der Waals surface area contributed by atoms with Crippen LogP contribution < -0.4 is 10.6 Å². The molecule has 0 atom stereocenters. The van der Waals surface area contributed by atoms with Crippen LogP contribution in [-0.4, -0.2) is 24.5 Å². The first-order valence-electron chi connectivity index (χ1n) is 7.65. The lowest BCUT2D eigenvalue weighted by Gasteiger charge is -2.13. The Bertz CT molecular complexity index is 619. The number of hydrogen-bond acceptors (Lipinski definition) is 3. The smallest absolute Gasteiger partial charge is 0.191 e. The van der Waals surface area contributed by atoms with E-state index < -0.39 is 0 Å². The van der Waals surface area contributed by atoms with E-state index in [2.05, 4.69) is 57.2 Å². The second-order valence-corrected chi connectivity index (χ2v) is 6.14. The second-order valence-electron chi connectivity index (χ2n) is 5.08. The third-order valence-corrected chi connectivity index (χ3v) is 4.33. The Balaban J connectivity index is 1.80. The molecule has 22 heavy (non-hydrogen) atoms. The first kappa shape index (κ1) is 16.5. The minimum atomic E-state index is 0.791. The molecule has 2 rings (SSSR count). The Hall–Kier alpha value is -1.88. The second kappa shape index (κ2) is 8.54. The molecule has 1 heterocycles. The van der Waals surface area contributed by atoms with Gasteiger partial charge in [0.2, 0.25) is 0 Å². The molecule has 0 radical (unpaired) electrons. The highest BCUT2D eigenvalue weighted by molar-refractivity contribution is 7.09. The molecule has 5 heteroatoms. The maximum Gasteiger partial charge on any atom is 0.191 e. The fourth-order valence-electron chi connectivity index (χ4n) is 2.31. The summed E-state index contributed by atoms with van der Waals surface area (Å²) in [5, 5.41) is 9.95. The Morgan fingerprint density at radius 1 is 1.23 bits per heavy atom. The van der Waals surface area contributed by atoms with Crippen molar-refractivity contribution in [2.24, 2.45) is 4.99 Å². The lowest BCUT2D eigenvalue weighted by Crippen LogP contribution is -2.38. The van der Waals surface area contributed by atoms with Crippen LogP contribution in [0, 0.1) is 6.92 Å². The van der Waals surface area contributed by atoms with Crippen LogP contribution in [-0.2, 0) is 19.4 Å². The first-order valence-corrected chi connectivity index (χ1v) is 8.53. The Morgan fingerprint density at radius 2 is 2.00 bits per heavy atom. The number of benzene rings is 1. The summed E-state index contributed by atoms with van der Waals surface area (Å²) in [6.45, 7) is 5.84. The SMILES string of the molecule is CCc1ccccc1CNC(=NC)NCCc1csc(C)n1. The standard InChI is InChI=1S/C17H24N4S/c1-4-14-7-5-6-8-15(14)11-20-17(18-3)19-10-9-16-12-22-13(2)21-16/h5-8,12H,4,9-11H2,1-3H3,(H2,18,19,20). The highest BCUT2D eigenvalue weighted by Crippen LogP contribution is 2.09. The molecular weight excluding hydrogens is 292 g/mol. The van der Waals surface area contributed by atoms with Crippen molar-refractivity contribution in [2.75, 3.05) is 13.6 Å². The van der Waals surface area contributed by atoms with E-state index in [1.54, 1.807) is 18.4 Å². The zero-order chi connectivity index (χ0) is 15.8. The van der Waals surface area contributed by atoms with Gasteiger partial charge in [-0.05, 0) is 24.5 Å². The highest BCUT2D eigenvalue weighted by Gasteiger charge is 2.03. The number of hydrogen-bond donors (Lipinski definition) is 2. The molecule has 4 nitrogen and oxygen atoms in total. The zero-order valence-electron chi connectivity index (χ0n) is 13.5. The van der Waals surface area contributed by atoms with Crippen molar-refractivity contribution >= 4 is 17.3 Å². The fraction of sp³-hybridized carbons (Fsp3) is 0.412. The molecule has 0 fully saturated rings. The molecular formula is C17H24N4S. The lowest BCUT2D eigenvalue weighted by atomic mass is 10.1. The molecule has 0 aliphatic rings. The average molecular weight is 316 g/mol. The normalized spacial score (nSPS) is 11.5. The van der Waals surface area contributed by atoms with Gasteiger partial charge in [0.05, 0.1) is 10.7 Å². The minimum absolute atomic E-state index is 0.791. The lowest BCUT2D eigenvalue weighted by molar-refractivity contribution is 0.782. The van der Waals surface area contributed by atoms with Crippen molar-refractivity contribution in [3.8, 4) is 0 Å². The van der Waals surface area contributed by atoms with Gasteiger partial charge in [0.1, 0.15) is 0 Å². The van der Waals surface area contributed by atoms with Crippen LogP contribution >= 0.6 is 11.3 Å². The van der Waals surface area contributed by atoms with Crippen LogP contribution in [0.25, 0.3) is 0 Å². The van der Waals surface area contributed by atoms with Crippen LogP contribution in [0.3, 0.4) is 0 Å². The summed E-state index contributed by atoms with van der Waals surface area (Å²) < 4.78 is 0. The monoisotopic (exact) mass is 316 g/mol. The number of nitrogens with one attached hydrogen (secondary N) is 2. The van der Waals surface area contributed by atoms with Gasteiger partial charge in [0.25, 0.3) is 0 Å². The van der Waals surface area contributed by atoms with Crippen LogP contribution in [0.5, 0.6) is 0 Å². The van der Waals surface area contributed by atoms with Gasteiger partial charge in [-0.25, -0.2) is 4.98 Å². The van der Waals surface area contributed by atoms with Gasteiger partial charge in [-0.1, -0.05) is 31.2 Å². The van der Waals surface area contributed by atoms with E-state index in [0.29, 0.717) is 0 Å². The maximum absolute atomic E-state index is 4.47. The van der Waals surface area contributed by atoms with Gasteiger partial charge in [-0.15, -0.1) is 11.3 Å². The van der Waals surface area contributed by atoms with Crippen LogP contribution in [0.15, 0.2) is 34.6 Å². The number of aryl methyl sites for hydroxylation is 2. The third kappa shape index (κ3) is 4.84. The van der Waals surface area contributed by atoms with Crippen molar-refractivity contribution in [1.82, 2.24) is 15.6 Å². The van der Waals surface area contributed by atoms with Gasteiger partial charge >= 0.3 is 0 Å². The maximum atomic E-state index is 4.47. The number of nitrogens with zero attached hydrogens (tertiary/aromatic N) is 2. The summed E-state index contributed by atoms with van der Waals surface area (Å²) in [6.07, 6.45) is 1.96. The van der Waals surface area contributed by atoms with E-state index in [-0.39, 0.29) is 0 Å². The molecule has 0 amide bonds. The van der Waals surface area contributed by atoms with Crippen molar-refractivity contribution < 1.29 is 0 Å². The van der Waals surface area contributed by atoms with Crippen LogP contribution in [0.2, 0.25) is 0 Å². The van der Waals surface area contributed by atoms with E-state index in [0.717, 1.165) is 42.6 Å². The minimum Gasteiger partial charge on any atom is -0.356 e. The molecule has 2 N–H and O–H groups in total. The van der Waals surface area contributed by atoms with Gasteiger partial charge in [-0.2, -0.15) is 0 Å². The van der Waals surface area contributed by atoms with Gasteiger partial charge in [0.15, 0.2) is 5.96 Å². The molecule has 0 aliphatic heterocycles. The van der Waals surface area contributed by atoms with E-state index in [9.17, 15) is 0 Å². The summed E-state index contributed by atoms with van der Waals surface area (Å²) in [7, 11) is 1.80. The topological polar surface area (TPSA) is 49.3 Å². The molecule has 0 bridgehead atoms. The molecule has 0 spiro atoms. The number of aromatic nitrogens is 1. The summed E-state index contributed by atoms with van der Waals surface area (Å²) in [5.74, 6) is 0.831. The number of rotatable bonds is 6. The molecule has 1 aromatic carbocycles. The van der Waals surface area contributed by atoms with Crippen molar-refractivity contribution in [3.63, 3.8) is 0 Å². The third-order valence-electron chi connectivity index (χ3n) is 3.51. The molecule has 0 aliphatic carbocycles. The fourth-order valence-corrected chi connectivity index (χ4v) is 2.95. The van der Waals surface area contributed by atoms with Gasteiger partial charge in [-0.3, -0.25) is 4.99 Å². The predicted molar refractivity (Wildman–Crippen MR) is 94.6 cm³/mol. The van der Waals surface area contributed by atoms with Gasteiger partial charge in [0, 0.05) is 31.9 Å². The van der Waals surface area contributed by atoms with Crippen molar-refractivity contribution in [3.05, 3.63) is 51.5 Å². The van der Waals surface area contributed by atoms with Crippen LogP contribution in [0.4, 0.5) is 0 Å². The predicted octanol–water partition coefficient (Wildman–Crippen LogP) is 2.92. The van der Waals surface area contributed by atoms with E-state index in [1.165, 1.54) is 11.1 Å². The average Bonchev–Trinajstić information content (AvgIpc) is 2.96. The summed E-state index contributed by atoms with van der Waals surface area (Å²) in [6, 6.07) is 8.51. The molecule has 0 saturated heterocycles. The molecule has 1 aromatic heterocycles. The van der Waals surface area contributed by atoms with Gasteiger partial charge < -0.3 is 10.6 Å². The summed E-state index contributed by atoms with van der Waals surface area (Å²) >= 11 is 1.70. The highest BCUT2D eigenvalue weighted by atomic mass is 32.1. The quantitative estimate of drug-likeness (QED) is 0.636. The largest absolute Gasteiger partial charge is 0.356 e. The first-order chi connectivity index (χ1) is 10.7. The number of thiazole rings is 1. The zero-order valence-corrected chi connectivity index (χ0v) is 14.3. The molecule has 0 unspecified atom stereocenters. The van der Waals surface area contributed by atoms with Crippen molar-refractivity contribution in [2.45, 2.75) is 33.2 Å². The Kier molecular flexibility index (Phi) is 6.40. The summed E-state index contributed by atoms with van der Waals surface area (Å²) in [5.41, 5.74) is 3.84. The Morgan fingerprint density at radius 3 is 2.64 bits per heavy atom. The molecule has 0 saturated carbocycles. The molecule has 2 aromatic rings. The van der Waals surface area contributed by atoms with E-state index in [4.69, 9.17) is 0 Å². The van der Waals surface area contributed by atoms with Crippen LogP contribution in [0.1, 0.15) is 28.8 Å². The number of guanidine groups is 1. The molecule has 118 valence electrons. The Labute approximate surface area is 136 Å². The summed E-state index contributed by atoms with van der Waals surface area (Å²) in [4.78, 5) is 8.74. The van der Waals surface area contributed by atoms with Crippen molar-refractivity contribution in [1.29, 1.82) is 0 Å².